The van der Waals surface area contributed by atoms with Gasteiger partial charge in [-0.2, -0.15) is 0 Å². The minimum atomic E-state index is -0.0232. The molecule has 0 unspecified atom stereocenters. The third-order valence-corrected chi connectivity index (χ3v) is 3.69. The summed E-state index contributed by atoms with van der Waals surface area (Å²) < 4.78 is 5.28. The van der Waals surface area contributed by atoms with Gasteiger partial charge < -0.3 is 4.74 Å². The highest BCUT2D eigenvalue weighted by Gasteiger charge is 2.35. The Balaban J connectivity index is 1.88. The fourth-order valence-corrected chi connectivity index (χ4v) is 2.65. The maximum absolute atomic E-state index is 12.0. The van der Waals surface area contributed by atoms with E-state index in [9.17, 15) is 4.79 Å². The summed E-state index contributed by atoms with van der Waals surface area (Å²) in [5.41, 5.74) is 1.30. The van der Waals surface area contributed by atoms with Crippen LogP contribution in [-0.4, -0.2) is 30.6 Å². The van der Waals surface area contributed by atoms with Crippen molar-refractivity contribution in [1.29, 1.82) is 0 Å². The van der Waals surface area contributed by atoms with Crippen molar-refractivity contribution in [3.63, 3.8) is 0 Å². The minimum Gasteiger partial charge on any atom is -0.465 e. The summed E-state index contributed by atoms with van der Waals surface area (Å²) in [4.78, 5) is 14.3. The number of nitrogens with zero attached hydrogens (tertiary/aromatic N) is 1. The molecule has 0 bridgehead atoms. The van der Waals surface area contributed by atoms with Crippen molar-refractivity contribution in [2.45, 2.75) is 26.8 Å². The highest BCUT2D eigenvalue weighted by molar-refractivity contribution is 5.73. The van der Waals surface area contributed by atoms with Crippen molar-refractivity contribution in [3.05, 3.63) is 35.9 Å². The first-order valence-electron chi connectivity index (χ1n) is 7.13. The summed E-state index contributed by atoms with van der Waals surface area (Å²) in [7, 11) is 0. The zero-order valence-corrected chi connectivity index (χ0v) is 11.8. The van der Waals surface area contributed by atoms with Gasteiger partial charge >= 0.3 is 5.97 Å². The van der Waals surface area contributed by atoms with E-state index in [-0.39, 0.29) is 11.9 Å². The Morgan fingerprint density at radius 3 is 2.74 bits per heavy atom. The molecule has 0 radical (unpaired) electrons. The molecule has 0 amide bonds. The maximum atomic E-state index is 12.0. The average Bonchev–Trinajstić information content (AvgIpc) is 2.78. The van der Waals surface area contributed by atoms with Gasteiger partial charge in [-0.15, -0.1) is 0 Å². The van der Waals surface area contributed by atoms with Gasteiger partial charge in [-0.1, -0.05) is 44.2 Å². The quantitative estimate of drug-likeness (QED) is 0.763. The predicted molar refractivity (Wildman–Crippen MR) is 75.6 cm³/mol. The van der Waals surface area contributed by atoms with Crippen molar-refractivity contribution in [2.75, 3.05) is 19.7 Å². The summed E-state index contributed by atoms with van der Waals surface area (Å²) in [6.45, 7) is 7.42. The summed E-state index contributed by atoms with van der Waals surface area (Å²) in [5.74, 6) is 0.397. The van der Waals surface area contributed by atoms with Crippen LogP contribution in [0, 0.1) is 11.8 Å². The van der Waals surface area contributed by atoms with Gasteiger partial charge in [-0.05, 0) is 17.9 Å². The molecule has 2 atom stereocenters. The lowest BCUT2D eigenvalue weighted by Gasteiger charge is -2.15. The number of hydrogen-bond donors (Lipinski definition) is 0. The van der Waals surface area contributed by atoms with Crippen LogP contribution >= 0.6 is 0 Å². The van der Waals surface area contributed by atoms with Crippen molar-refractivity contribution in [1.82, 2.24) is 4.90 Å². The second-order valence-electron chi connectivity index (χ2n) is 5.43. The topological polar surface area (TPSA) is 29.5 Å². The normalized spacial score (nSPS) is 23.5. The molecule has 0 N–H and O–H groups in total. The first-order chi connectivity index (χ1) is 9.20. The summed E-state index contributed by atoms with van der Waals surface area (Å²) in [6, 6.07) is 10.4. The molecular weight excluding hydrogens is 238 g/mol. The first kappa shape index (κ1) is 14.1. The Morgan fingerprint density at radius 1 is 1.32 bits per heavy atom. The van der Waals surface area contributed by atoms with E-state index in [4.69, 9.17) is 4.74 Å². The van der Waals surface area contributed by atoms with Crippen molar-refractivity contribution < 1.29 is 9.53 Å². The van der Waals surface area contributed by atoms with Gasteiger partial charge in [0, 0.05) is 19.6 Å². The van der Waals surface area contributed by atoms with Crippen LogP contribution in [0.1, 0.15) is 25.8 Å². The standard InChI is InChI=1S/C16H23NO2/c1-3-9-19-16(18)15-12-17(10-13(15)2)11-14-7-5-4-6-8-14/h4-8,13,15H,3,9-12H2,1-2H3/t13-,15-/m1/s1. The molecule has 3 heteroatoms. The molecule has 3 nitrogen and oxygen atoms in total. The molecule has 1 saturated heterocycles. The van der Waals surface area contributed by atoms with E-state index in [0.29, 0.717) is 12.5 Å². The molecule has 19 heavy (non-hydrogen) atoms. The monoisotopic (exact) mass is 261 g/mol. The van der Waals surface area contributed by atoms with E-state index in [0.717, 1.165) is 26.1 Å². The lowest BCUT2D eigenvalue weighted by Crippen LogP contribution is -2.25. The van der Waals surface area contributed by atoms with Crippen molar-refractivity contribution in [3.8, 4) is 0 Å². The number of ether oxygens (including phenoxy) is 1. The molecule has 104 valence electrons. The van der Waals surface area contributed by atoms with Gasteiger partial charge in [0.1, 0.15) is 0 Å². The maximum Gasteiger partial charge on any atom is 0.310 e. The van der Waals surface area contributed by atoms with E-state index >= 15 is 0 Å². The molecular formula is C16H23NO2. The molecule has 0 spiro atoms. The van der Waals surface area contributed by atoms with Crippen LogP contribution in [0.25, 0.3) is 0 Å². The van der Waals surface area contributed by atoms with E-state index in [2.05, 4.69) is 36.1 Å². The highest BCUT2D eigenvalue weighted by Crippen LogP contribution is 2.25. The number of carbonyl (C=O) groups excluding carboxylic acids is 1. The van der Waals surface area contributed by atoms with E-state index in [1.807, 2.05) is 13.0 Å². The van der Waals surface area contributed by atoms with Gasteiger partial charge in [-0.3, -0.25) is 9.69 Å². The highest BCUT2D eigenvalue weighted by atomic mass is 16.5. The molecule has 1 aliphatic heterocycles. The van der Waals surface area contributed by atoms with Gasteiger partial charge in [0.2, 0.25) is 0 Å². The largest absolute Gasteiger partial charge is 0.465 e. The predicted octanol–water partition coefficient (Wildman–Crippen LogP) is 2.71. The lowest BCUT2D eigenvalue weighted by atomic mass is 9.99. The summed E-state index contributed by atoms with van der Waals surface area (Å²) >= 11 is 0. The van der Waals surface area contributed by atoms with Crippen LogP contribution < -0.4 is 0 Å². The molecule has 1 fully saturated rings. The Bertz CT molecular complexity index is 404. The molecule has 1 aromatic carbocycles. The number of esters is 1. The summed E-state index contributed by atoms with van der Waals surface area (Å²) in [5, 5.41) is 0. The SMILES string of the molecule is CCCOC(=O)[C@@H]1CN(Cc2ccccc2)C[C@H]1C. The molecule has 1 heterocycles. The minimum absolute atomic E-state index is 0.0232. The lowest BCUT2D eigenvalue weighted by molar-refractivity contribution is -0.149. The Hall–Kier alpha value is -1.35. The third kappa shape index (κ3) is 3.80. The van der Waals surface area contributed by atoms with E-state index in [1.54, 1.807) is 0 Å². The van der Waals surface area contributed by atoms with Crippen molar-refractivity contribution in [2.24, 2.45) is 11.8 Å². The van der Waals surface area contributed by atoms with Crippen LogP contribution in [-0.2, 0) is 16.1 Å². The Labute approximate surface area is 115 Å². The number of carbonyl (C=O) groups is 1. The van der Waals surface area contributed by atoms with E-state index < -0.39 is 0 Å². The summed E-state index contributed by atoms with van der Waals surface area (Å²) in [6.07, 6.45) is 0.889. The molecule has 0 saturated carbocycles. The molecule has 1 aromatic rings. The first-order valence-corrected chi connectivity index (χ1v) is 7.13. The number of benzene rings is 1. The van der Waals surface area contributed by atoms with E-state index in [1.165, 1.54) is 5.56 Å². The van der Waals surface area contributed by atoms with Crippen LogP contribution in [0.2, 0.25) is 0 Å². The third-order valence-electron chi connectivity index (χ3n) is 3.69. The number of rotatable bonds is 5. The molecule has 1 aliphatic rings. The smallest absolute Gasteiger partial charge is 0.310 e. The fourth-order valence-electron chi connectivity index (χ4n) is 2.65. The van der Waals surface area contributed by atoms with Gasteiger partial charge in [-0.25, -0.2) is 0 Å². The molecule has 2 rings (SSSR count). The molecule has 0 aliphatic carbocycles. The van der Waals surface area contributed by atoms with Gasteiger partial charge in [0.15, 0.2) is 0 Å². The van der Waals surface area contributed by atoms with Crippen molar-refractivity contribution >= 4 is 5.97 Å². The zero-order valence-electron chi connectivity index (χ0n) is 11.8. The van der Waals surface area contributed by atoms with Gasteiger partial charge in [0.05, 0.1) is 12.5 Å². The second kappa shape index (κ2) is 6.71. The Kier molecular flexibility index (Phi) is 4.97. The average molecular weight is 261 g/mol. The zero-order chi connectivity index (χ0) is 13.7. The van der Waals surface area contributed by atoms with Crippen LogP contribution in [0.4, 0.5) is 0 Å². The van der Waals surface area contributed by atoms with Crippen LogP contribution in [0.5, 0.6) is 0 Å². The Morgan fingerprint density at radius 2 is 2.05 bits per heavy atom. The van der Waals surface area contributed by atoms with Gasteiger partial charge in [0.25, 0.3) is 0 Å². The fraction of sp³-hybridized carbons (Fsp3) is 0.562. The van der Waals surface area contributed by atoms with Crippen LogP contribution in [0.3, 0.4) is 0 Å². The second-order valence-corrected chi connectivity index (χ2v) is 5.43. The number of hydrogen-bond acceptors (Lipinski definition) is 3. The van der Waals surface area contributed by atoms with Crippen LogP contribution in [0.15, 0.2) is 30.3 Å². The number of likely N-dealkylation sites (tertiary alicyclic amines) is 1. The molecule has 0 aromatic heterocycles.